The zero-order valence-electron chi connectivity index (χ0n) is 21.4. The third-order valence-corrected chi connectivity index (χ3v) is 7.10. The molecule has 200 valence electrons. The van der Waals surface area contributed by atoms with Gasteiger partial charge in [0.25, 0.3) is 0 Å². The molecule has 3 heterocycles. The minimum atomic E-state index is -0.712. The number of nitrogen functional groups attached to an aromatic ring is 1. The second-order valence-corrected chi connectivity index (χ2v) is 10.3. The Kier molecular flexibility index (Phi) is 10.9. The van der Waals surface area contributed by atoms with E-state index < -0.39 is 11.4 Å². The number of halogens is 1. The van der Waals surface area contributed by atoms with Crippen LogP contribution in [0.5, 0.6) is 0 Å². The molecule has 0 radical (unpaired) electrons. The van der Waals surface area contributed by atoms with Gasteiger partial charge in [-0.05, 0) is 50.8 Å². The van der Waals surface area contributed by atoms with E-state index in [1.165, 1.54) is 38.3 Å². The molecule has 0 spiro atoms. The van der Waals surface area contributed by atoms with Crippen molar-refractivity contribution in [1.29, 1.82) is 5.26 Å². The second-order valence-electron chi connectivity index (χ2n) is 9.86. The van der Waals surface area contributed by atoms with Gasteiger partial charge in [-0.2, -0.15) is 5.26 Å². The third kappa shape index (κ3) is 9.15. The zero-order valence-corrected chi connectivity index (χ0v) is 22.1. The predicted molar refractivity (Wildman–Crippen MR) is 145 cm³/mol. The number of nitrogens with zero attached hydrogens (tertiary/aromatic N) is 3. The smallest absolute Gasteiger partial charge is 0.304 e. The Morgan fingerprint density at radius 3 is 2.73 bits per heavy atom. The second kappa shape index (κ2) is 14.1. The minimum Gasteiger partial charge on any atom is -0.481 e. The highest BCUT2D eigenvalue weighted by molar-refractivity contribution is 6.33. The van der Waals surface area contributed by atoms with Crippen LogP contribution in [-0.2, 0) is 9.53 Å². The Morgan fingerprint density at radius 2 is 2.05 bits per heavy atom. The van der Waals surface area contributed by atoms with Gasteiger partial charge in [0.2, 0.25) is 0 Å². The van der Waals surface area contributed by atoms with Crippen molar-refractivity contribution in [2.75, 3.05) is 30.8 Å². The van der Waals surface area contributed by atoms with E-state index >= 15 is 0 Å². The van der Waals surface area contributed by atoms with Crippen LogP contribution in [0.2, 0.25) is 5.02 Å². The first kappa shape index (κ1) is 28.6. The summed E-state index contributed by atoms with van der Waals surface area (Å²) in [6, 6.07) is 10.4. The molecule has 37 heavy (non-hydrogen) atoms. The van der Waals surface area contributed by atoms with Crippen LogP contribution in [-0.4, -0.2) is 52.9 Å². The predicted octanol–water partition coefficient (Wildman–Crippen LogP) is 4.88. The summed E-state index contributed by atoms with van der Waals surface area (Å²) >= 11 is 6.19. The fraction of sp³-hybridized carbons (Fsp3) is 0.556. The summed E-state index contributed by atoms with van der Waals surface area (Å²) in [6.07, 6.45) is 9.54. The normalized spacial score (nSPS) is 18.1. The number of anilines is 2. The molecule has 4 rings (SSSR count). The number of pyridine rings is 2. The van der Waals surface area contributed by atoms with Gasteiger partial charge in [0.15, 0.2) is 0 Å². The molecule has 1 atom stereocenters. The van der Waals surface area contributed by atoms with Gasteiger partial charge in [0, 0.05) is 43.6 Å². The summed E-state index contributed by atoms with van der Waals surface area (Å²) in [5.41, 5.74) is 6.76. The summed E-state index contributed by atoms with van der Waals surface area (Å²) in [7, 11) is 0. The fourth-order valence-electron chi connectivity index (χ4n) is 4.68. The van der Waals surface area contributed by atoms with Gasteiger partial charge in [-0.15, -0.1) is 0 Å². The Balaban J connectivity index is 0.000000248. The summed E-state index contributed by atoms with van der Waals surface area (Å²) in [6.45, 7) is 3.72. The molecular formula is C27H37ClN6O3. The van der Waals surface area contributed by atoms with Crippen molar-refractivity contribution in [1.82, 2.24) is 15.3 Å². The molecule has 0 aromatic carbocycles. The summed E-state index contributed by atoms with van der Waals surface area (Å²) < 4.78 is 5.35. The Labute approximate surface area is 223 Å². The average molecular weight is 529 g/mol. The molecule has 9 nitrogen and oxygen atoms in total. The molecule has 1 aliphatic heterocycles. The summed E-state index contributed by atoms with van der Waals surface area (Å²) in [5, 5.41) is 25.2. The van der Waals surface area contributed by atoms with Gasteiger partial charge in [-0.1, -0.05) is 36.9 Å². The molecule has 5 N–H and O–H groups in total. The lowest BCUT2D eigenvalue weighted by Crippen LogP contribution is -2.38. The van der Waals surface area contributed by atoms with Crippen molar-refractivity contribution < 1.29 is 14.6 Å². The number of carboxylic acid groups (broad SMARTS) is 1. The molecule has 0 amide bonds. The molecule has 1 aliphatic carbocycles. The van der Waals surface area contributed by atoms with E-state index in [1.807, 2.05) is 25.1 Å². The number of hydrogen-bond donors (Lipinski definition) is 4. The van der Waals surface area contributed by atoms with E-state index in [1.54, 1.807) is 6.07 Å². The van der Waals surface area contributed by atoms with E-state index in [9.17, 15) is 10.1 Å². The van der Waals surface area contributed by atoms with Gasteiger partial charge in [-0.25, -0.2) is 9.97 Å². The van der Waals surface area contributed by atoms with Crippen LogP contribution in [0.15, 0.2) is 30.5 Å². The summed E-state index contributed by atoms with van der Waals surface area (Å²) in [5.74, 6) is 0.371. The van der Waals surface area contributed by atoms with E-state index in [0.717, 1.165) is 18.4 Å². The van der Waals surface area contributed by atoms with E-state index in [4.69, 9.17) is 27.2 Å². The zero-order chi connectivity index (χ0) is 26.7. The number of nitriles is 1. The lowest BCUT2D eigenvalue weighted by Gasteiger charge is -2.30. The molecular weight excluding hydrogens is 492 g/mol. The number of carboxylic acids is 1. The van der Waals surface area contributed by atoms with Crippen LogP contribution >= 0.6 is 11.6 Å². The van der Waals surface area contributed by atoms with Gasteiger partial charge in [0.05, 0.1) is 28.6 Å². The topological polar surface area (TPSA) is 146 Å². The summed E-state index contributed by atoms with van der Waals surface area (Å²) in [4.78, 5) is 18.9. The van der Waals surface area contributed by atoms with Crippen molar-refractivity contribution in [2.24, 2.45) is 5.41 Å². The highest BCUT2D eigenvalue weighted by Gasteiger charge is 2.32. The SMILES string of the molecule is CC(CC(=O)O)NC1CCCCC1.N#CC1(CNc2cccc(-c3cc(N)ncc3Cl)n2)CCOCC1. The first-order valence-corrected chi connectivity index (χ1v) is 13.3. The number of nitrogens with two attached hydrogens (primary N) is 1. The van der Waals surface area contributed by atoms with Gasteiger partial charge in [0.1, 0.15) is 11.6 Å². The molecule has 1 unspecified atom stereocenters. The van der Waals surface area contributed by atoms with E-state index in [0.29, 0.717) is 48.2 Å². The maximum Gasteiger partial charge on any atom is 0.304 e. The van der Waals surface area contributed by atoms with Crippen LogP contribution in [0, 0.1) is 16.7 Å². The maximum absolute atomic E-state index is 10.4. The van der Waals surface area contributed by atoms with Gasteiger partial charge in [-0.3, -0.25) is 4.79 Å². The van der Waals surface area contributed by atoms with Gasteiger partial charge < -0.3 is 26.2 Å². The Bertz CT molecular complexity index is 1060. The lowest BCUT2D eigenvalue weighted by atomic mass is 9.82. The standard InChI is InChI=1S/C17H18ClN5O.C10H19NO2/c18-13-9-21-15(20)8-12(13)14-2-1-3-16(23-14)22-11-17(10-19)4-6-24-7-5-17;1-8(7-10(12)13)11-9-5-3-2-4-6-9/h1-3,8-9H,4-7,11H2,(H2,20,21)(H,22,23);8-9,11H,2-7H2,1H3,(H,12,13). The number of aliphatic carboxylic acids is 1. The molecule has 2 fully saturated rings. The van der Waals surface area contributed by atoms with Gasteiger partial charge >= 0.3 is 5.97 Å². The molecule has 2 aromatic heterocycles. The van der Waals surface area contributed by atoms with Crippen LogP contribution in [0.3, 0.4) is 0 Å². The van der Waals surface area contributed by atoms with Crippen LogP contribution in [0.1, 0.15) is 58.3 Å². The van der Waals surface area contributed by atoms with Crippen LogP contribution < -0.4 is 16.4 Å². The molecule has 2 aliphatic rings. The monoisotopic (exact) mass is 528 g/mol. The quantitative estimate of drug-likeness (QED) is 0.376. The Morgan fingerprint density at radius 1 is 1.32 bits per heavy atom. The molecule has 0 bridgehead atoms. The first-order chi connectivity index (χ1) is 17.8. The number of nitrogens with one attached hydrogen (secondary N) is 2. The first-order valence-electron chi connectivity index (χ1n) is 12.9. The average Bonchev–Trinajstić information content (AvgIpc) is 2.90. The maximum atomic E-state index is 10.4. The van der Waals surface area contributed by atoms with Crippen molar-refractivity contribution in [3.63, 3.8) is 0 Å². The third-order valence-electron chi connectivity index (χ3n) is 6.80. The van der Waals surface area contributed by atoms with Crippen molar-refractivity contribution in [2.45, 2.75) is 70.4 Å². The highest BCUT2D eigenvalue weighted by atomic mass is 35.5. The highest BCUT2D eigenvalue weighted by Crippen LogP contribution is 2.31. The number of carbonyl (C=O) groups is 1. The minimum absolute atomic E-state index is 0.112. The van der Waals surface area contributed by atoms with Crippen LogP contribution in [0.25, 0.3) is 11.3 Å². The number of aromatic nitrogens is 2. The molecule has 2 aromatic rings. The molecule has 10 heteroatoms. The lowest BCUT2D eigenvalue weighted by molar-refractivity contribution is -0.137. The largest absolute Gasteiger partial charge is 0.481 e. The number of hydrogen-bond acceptors (Lipinski definition) is 8. The van der Waals surface area contributed by atoms with Crippen molar-refractivity contribution in [3.8, 4) is 17.3 Å². The van der Waals surface area contributed by atoms with Crippen LogP contribution in [0.4, 0.5) is 11.6 Å². The number of ether oxygens (including phenoxy) is 1. The molecule has 1 saturated heterocycles. The van der Waals surface area contributed by atoms with E-state index in [-0.39, 0.29) is 12.5 Å². The van der Waals surface area contributed by atoms with Crippen molar-refractivity contribution >= 4 is 29.2 Å². The van der Waals surface area contributed by atoms with Crippen molar-refractivity contribution in [3.05, 3.63) is 35.5 Å². The van der Waals surface area contributed by atoms with E-state index in [2.05, 4.69) is 26.7 Å². The molecule has 1 saturated carbocycles. The Hall–Kier alpha value is -2.93. The fourth-order valence-corrected chi connectivity index (χ4v) is 4.88. The number of rotatable bonds is 8.